The molecule has 0 radical (unpaired) electrons. The third-order valence-electron chi connectivity index (χ3n) is 4.66. The molecule has 2 fully saturated rings. The Kier molecular flexibility index (Phi) is 5.73. The van der Waals surface area contributed by atoms with Crippen LogP contribution in [0.25, 0.3) is 0 Å². The van der Waals surface area contributed by atoms with Gasteiger partial charge in [-0.1, -0.05) is 6.07 Å². The number of hydrogen-bond acceptors (Lipinski definition) is 4. The number of carbonyl (C=O) groups excluding carboxylic acids is 1. The number of aryl methyl sites for hydroxylation is 1. The molecule has 120 valence electrons. The second-order valence-corrected chi connectivity index (χ2v) is 7.50. The number of amides is 1. The summed E-state index contributed by atoms with van der Waals surface area (Å²) in [5.41, 5.74) is 1.13. The molecule has 1 saturated carbocycles. The topological polar surface area (TPSA) is 54.0 Å². The van der Waals surface area contributed by atoms with Crippen LogP contribution in [0.4, 0.5) is 0 Å². The van der Waals surface area contributed by atoms with Crippen LogP contribution in [0.2, 0.25) is 0 Å². The fourth-order valence-corrected chi connectivity index (χ4v) is 4.23. The number of rotatable bonds is 6. The van der Waals surface area contributed by atoms with Crippen molar-refractivity contribution < 1.29 is 4.79 Å². The first-order valence-corrected chi connectivity index (χ1v) is 9.49. The lowest BCUT2D eigenvalue weighted by Gasteiger charge is -2.41. The second kappa shape index (κ2) is 7.97. The molecule has 0 aromatic carbocycles. The van der Waals surface area contributed by atoms with E-state index in [-0.39, 0.29) is 5.91 Å². The zero-order chi connectivity index (χ0) is 15.2. The molecule has 0 unspecified atom stereocenters. The molecular weight excluding hydrogens is 294 g/mol. The Bertz CT molecular complexity index is 476. The smallest absolute Gasteiger partial charge is 0.220 e. The third kappa shape index (κ3) is 4.46. The molecule has 1 aromatic rings. The van der Waals surface area contributed by atoms with Crippen molar-refractivity contribution in [2.45, 2.75) is 56.7 Å². The first kappa shape index (κ1) is 15.8. The standard InChI is InChI=1S/C17H25N3OS/c21-17(6-3-13-2-1-9-18-12-13)20-16-5-4-15(16)19-14-7-10-22-11-8-14/h1-2,9,12,14-16,19H,3-8,10-11H2,(H,20,21)/t15-,16+/m1/s1. The van der Waals surface area contributed by atoms with Gasteiger partial charge in [-0.15, -0.1) is 0 Å². The predicted molar refractivity (Wildman–Crippen MR) is 91.0 cm³/mol. The fraction of sp³-hybridized carbons (Fsp3) is 0.647. The summed E-state index contributed by atoms with van der Waals surface area (Å²) in [5, 5.41) is 6.95. The van der Waals surface area contributed by atoms with E-state index >= 15 is 0 Å². The number of nitrogens with one attached hydrogen (secondary N) is 2. The molecule has 2 N–H and O–H groups in total. The van der Waals surface area contributed by atoms with E-state index in [1.165, 1.54) is 30.8 Å². The Balaban J connectivity index is 1.38. The lowest BCUT2D eigenvalue weighted by Crippen LogP contribution is -2.59. The minimum Gasteiger partial charge on any atom is -0.352 e. The van der Waals surface area contributed by atoms with Gasteiger partial charge in [-0.05, 0) is 55.2 Å². The van der Waals surface area contributed by atoms with Crippen molar-refractivity contribution in [1.29, 1.82) is 0 Å². The van der Waals surface area contributed by atoms with E-state index in [9.17, 15) is 4.79 Å². The van der Waals surface area contributed by atoms with Gasteiger partial charge in [-0.25, -0.2) is 0 Å². The van der Waals surface area contributed by atoms with Gasteiger partial charge >= 0.3 is 0 Å². The molecule has 22 heavy (non-hydrogen) atoms. The Morgan fingerprint density at radius 3 is 2.73 bits per heavy atom. The van der Waals surface area contributed by atoms with Gasteiger partial charge in [-0.2, -0.15) is 11.8 Å². The first-order valence-electron chi connectivity index (χ1n) is 8.33. The molecule has 3 rings (SSSR count). The Morgan fingerprint density at radius 2 is 2.05 bits per heavy atom. The molecular formula is C17H25N3OS. The highest BCUT2D eigenvalue weighted by molar-refractivity contribution is 7.99. The van der Waals surface area contributed by atoms with E-state index in [1.807, 2.05) is 18.3 Å². The Morgan fingerprint density at radius 1 is 1.23 bits per heavy atom. The molecule has 4 nitrogen and oxygen atoms in total. The first-order chi connectivity index (χ1) is 10.8. The van der Waals surface area contributed by atoms with Crippen molar-refractivity contribution in [3.63, 3.8) is 0 Å². The van der Waals surface area contributed by atoms with Crippen LogP contribution < -0.4 is 10.6 Å². The highest BCUT2D eigenvalue weighted by Gasteiger charge is 2.33. The van der Waals surface area contributed by atoms with Crippen molar-refractivity contribution in [3.05, 3.63) is 30.1 Å². The number of nitrogens with zero attached hydrogens (tertiary/aromatic N) is 1. The Hall–Kier alpha value is -1.07. The van der Waals surface area contributed by atoms with Crippen LogP contribution in [0.3, 0.4) is 0 Å². The summed E-state index contributed by atoms with van der Waals surface area (Å²) in [6.07, 6.45) is 9.75. The number of aromatic nitrogens is 1. The van der Waals surface area contributed by atoms with E-state index in [4.69, 9.17) is 0 Å². The van der Waals surface area contributed by atoms with Crippen LogP contribution >= 0.6 is 11.8 Å². The van der Waals surface area contributed by atoms with Crippen molar-refractivity contribution in [1.82, 2.24) is 15.6 Å². The van der Waals surface area contributed by atoms with Gasteiger partial charge in [-0.3, -0.25) is 9.78 Å². The highest BCUT2D eigenvalue weighted by Crippen LogP contribution is 2.24. The summed E-state index contributed by atoms with van der Waals surface area (Å²) in [6.45, 7) is 0. The summed E-state index contributed by atoms with van der Waals surface area (Å²) >= 11 is 2.05. The van der Waals surface area contributed by atoms with Gasteiger partial charge in [0.1, 0.15) is 0 Å². The van der Waals surface area contributed by atoms with E-state index in [1.54, 1.807) is 6.20 Å². The summed E-state index contributed by atoms with van der Waals surface area (Å²) in [7, 11) is 0. The van der Waals surface area contributed by atoms with E-state index in [0.29, 0.717) is 24.5 Å². The van der Waals surface area contributed by atoms with Crippen LogP contribution in [0.5, 0.6) is 0 Å². The summed E-state index contributed by atoms with van der Waals surface area (Å²) < 4.78 is 0. The minimum atomic E-state index is 0.166. The maximum absolute atomic E-state index is 12.1. The third-order valence-corrected chi connectivity index (χ3v) is 5.70. The molecule has 1 aromatic heterocycles. The summed E-state index contributed by atoms with van der Waals surface area (Å²) in [5.74, 6) is 2.71. The van der Waals surface area contributed by atoms with Gasteiger partial charge in [0, 0.05) is 36.9 Å². The number of thioether (sulfide) groups is 1. The van der Waals surface area contributed by atoms with Gasteiger partial charge in [0.05, 0.1) is 0 Å². The van der Waals surface area contributed by atoms with Crippen LogP contribution in [0.15, 0.2) is 24.5 Å². The molecule has 1 aliphatic heterocycles. The van der Waals surface area contributed by atoms with Gasteiger partial charge < -0.3 is 10.6 Å². The molecule has 5 heteroatoms. The average molecular weight is 319 g/mol. The van der Waals surface area contributed by atoms with E-state index < -0.39 is 0 Å². The van der Waals surface area contributed by atoms with Crippen LogP contribution in [-0.2, 0) is 11.2 Å². The maximum atomic E-state index is 12.1. The molecule has 0 spiro atoms. The average Bonchev–Trinajstić information content (AvgIpc) is 2.57. The zero-order valence-electron chi connectivity index (χ0n) is 13.0. The lowest BCUT2D eigenvalue weighted by atomic mass is 9.85. The van der Waals surface area contributed by atoms with Crippen molar-refractivity contribution in [3.8, 4) is 0 Å². The molecule has 2 aliphatic rings. The molecule has 2 atom stereocenters. The SMILES string of the molecule is O=C(CCc1cccnc1)N[C@H]1CC[C@H]1NC1CCSCC1. The largest absolute Gasteiger partial charge is 0.352 e. The predicted octanol–water partition coefficient (Wildman–Crippen LogP) is 2.15. The molecule has 1 saturated heterocycles. The normalized spacial score (nSPS) is 25.5. The van der Waals surface area contributed by atoms with Gasteiger partial charge in [0.25, 0.3) is 0 Å². The van der Waals surface area contributed by atoms with Crippen molar-refractivity contribution >= 4 is 17.7 Å². The second-order valence-electron chi connectivity index (χ2n) is 6.27. The molecule has 0 bridgehead atoms. The molecule has 1 amide bonds. The monoisotopic (exact) mass is 319 g/mol. The van der Waals surface area contributed by atoms with E-state index in [0.717, 1.165) is 18.4 Å². The number of hydrogen-bond donors (Lipinski definition) is 2. The highest BCUT2D eigenvalue weighted by atomic mass is 32.2. The van der Waals surface area contributed by atoms with Gasteiger partial charge in [0.2, 0.25) is 5.91 Å². The van der Waals surface area contributed by atoms with Crippen molar-refractivity contribution in [2.75, 3.05) is 11.5 Å². The van der Waals surface area contributed by atoms with Gasteiger partial charge in [0.15, 0.2) is 0 Å². The quantitative estimate of drug-likeness (QED) is 0.843. The zero-order valence-corrected chi connectivity index (χ0v) is 13.8. The number of carbonyl (C=O) groups is 1. The van der Waals surface area contributed by atoms with Crippen molar-refractivity contribution in [2.24, 2.45) is 0 Å². The summed E-state index contributed by atoms with van der Waals surface area (Å²) in [6, 6.07) is 5.41. The van der Waals surface area contributed by atoms with Crippen LogP contribution in [0, 0.1) is 0 Å². The molecule has 1 aliphatic carbocycles. The minimum absolute atomic E-state index is 0.166. The molecule has 2 heterocycles. The van der Waals surface area contributed by atoms with Crippen LogP contribution in [-0.4, -0.2) is 40.5 Å². The van der Waals surface area contributed by atoms with E-state index in [2.05, 4.69) is 27.4 Å². The summed E-state index contributed by atoms with van der Waals surface area (Å²) in [4.78, 5) is 16.2. The lowest BCUT2D eigenvalue weighted by molar-refractivity contribution is -0.122. The number of pyridine rings is 1. The fourth-order valence-electron chi connectivity index (χ4n) is 3.12. The maximum Gasteiger partial charge on any atom is 0.220 e. The van der Waals surface area contributed by atoms with Crippen LogP contribution in [0.1, 0.15) is 37.7 Å². The Labute approximate surface area is 136 Å².